The Hall–Kier alpha value is -5.00. The second kappa shape index (κ2) is 10.9. The number of carbonyl (C=O) groups is 1. The number of hydrogen-bond donors (Lipinski definition) is 4. The average Bonchev–Trinajstić information content (AvgIpc) is 3.41. The van der Waals surface area contributed by atoms with Crippen molar-refractivity contribution < 1.29 is 9.53 Å². The fraction of sp³-hybridized carbons (Fsp3) is 0.310. The van der Waals surface area contributed by atoms with Gasteiger partial charge in [0.1, 0.15) is 17.4 Å². The van der Waals surface area contributed by atoms with Gasteiger partial charge in [0.2, 0.25) is 5.88 Å². The van der Waals surface area contributed by atoms with Gasteiger partial charge in [0, 0.05) is 68.6 Å². The van der Waals surface area contributed by atoms with E-state index in [1.54, 1.807) is 12.3 Å². The maximum atomic E-state index is 13.3. The first kappa shape index (κ1) is 26.2. The highest BCUT2D eigenvalue weighted by Gasteiger charge is 2.23. The Morgan fingerprint density at radius 3 is 2.54 bits per heavy atom. The molecular weight excluding hydrogens is 522 g/mol. The van der Waals surface area contributed by atoms with Gasteiger partial charge in [0.25, 0.3) is 11.5 Å². The predicted octanol–water partition coefficient (Wildman–Crippen LogP) is 3.33. The summed E-state index contributed by atoms with van der Waals surface area (Å²) in [4.78, 5) is 37.7. The summed E-state index contributed by atoms with van der Waals surface area (Å²) in [7, 11) is 1.92. The van der Waals surface area contributed by atoms with Crippen molar-refractivity contribution in [2.75, 3.05) is 58.5 Å². The van der Waals surface area contributed by atoms with Crippen LogP contribution in [0, 0.1) is 6.92 Å². The molecule has 1 fully saturated rings. The van der Waals surface area contributed by atoms with E-state index < -0.39 is 11.5 Å². The first-order valence-corrected chi connectivity index (χ1v) is 13.7. The molecule has 0 saturated carbocycles. The van der Waals surface area contributed by atoms with E-state index in [4.69, 9.17) is 4.74 Å². The fourth-order valence-corrected chi connectivity index (χ4v) is 5.15. The third kappa shape index (κ3) is 5.40. The Balaban J connectivity index is 1.14. The standard InChI is InChI=1S/C29H33N9O3/c1-18-16-31-26-19(2)23(17-32-29(26)41-18)34-22-8-10-30-27(39)25(22)28(40)33-20-4-6-21(7-5-20)37-12-14-38(15-13-37)24-9-11-36(3)35-24/h4-11,17-18,31H,12-16H2,1-3H3,(H,33,40)(H2,30,34,39). The van der Waals surface area contributed by atoms with Crippen LogP contribution in [0.1, 0.15) is 22.8 Å². The van der Waals surface area contributed by atoms with Gasteiger partial charge in [-0.15, -0.1) is 0 Å². The number of hydrogen-bond acceptors (Lipinski definition) is 9. The molecule has 1 amide bonds. The Kier molecular flexibility index (Phi) is 6.96. The van der Waals surface area contributed by atoms with Crippen LogP contribution >= 0.6 is 0 Å². The van der Waals surface area contributed by atoms with Crippen LogP contribution in [-0.4, -0.2) is 64.5 Å². The zero-order chi connectivity index (χ0) is 28.5. The molecule has 2 aliphatic heterocycles. The molecule has 1 unspecified atom stereocenters. The Labute approximate surface area is 237 Å². The summed E-state index contributed by atoms with van der Waals surface area (Å²) in [6.07, 6.45) is 5.13. The average molecular weight is 556 g/mol. The SMILES string of the molecule is Cc1c(Nc2cc[nH]c(=O)c2C(=O)Nc2ccc(N3CCN(c4ccn(C)n4)CC3)cc2)cnc2c1NCC(C)O2. The van der Waals surface area contributed by atoms with Crippen molar-refractivity contribution in [2.45, 2.75) is 20.0 Å². The minimum atomic E-state index is -0.509. The normalized spacial score (nSPS) is 16.4. The summed E-state index contributed by atoms with van der Waals surface area (Å²) in [5, 5.41) is 13.9. The third-order valence-corrected chi connectivity index (χ3v) is 7.43. The largest absolute Gasteiger partial charge is 0.471 e. The van der Waals surface area contributed by atoms with E-state index in [0.29, 0.717) is 29.5 Å². The Bertz CT molecular complexity index is 1620. The van der Waals surface area contributed by atoms with E-state index >= 15 is 0 Å². The third-order valence-electron chi connectivity index (χ3n) is 7.43. The van der Waals surface area contributed by atoms with Gasteiger partial charge in [-0.05, 0) is 44.2 Å². The fourth-order valence-electron chi connectivity index (χ4n) is 5.15. The van der Waals surface area contributed by atoms with E-state index in [0.717, 1.165) is 48.9 Å². The molecule has 4 N–H and O–H groups in total. The smallest absolute Gasteiger partial charge is 0.263 e. The maximum Gasteiger partial charge on any atom is 0.263 e. The van der Waals surface area contributed by atoms with Crippen LogP contribution in [-0.2, 0) is 7.05 Å². The molecule has 41 heavy (non-hydrogen) atoms. The zero-order valence-corrected chi connectivity index (χ0v) is 23.3. The number of ether oxygens (including phenoxy) is 1. The van der Waals surface area contributed by atoms with Gasteiger partial charge in [-0.25, -0.2) is 4.98 Å². The highest BCUT2D eigenvalue weighted by atomic mass is 16.5. The van der Waals surface area contributed by atoms with E-state index in [9.17, 15) is 9.59 Å². The first-order valence-electron chi connectivity index (χ1n) is 13.7. The monoisotopic (exact) mass is 555 g/mol. The Morgan fingerprint density at radius 2 is 1.80 bits per heavy atom. The number of piperazine rings is 1. The molecule has 0 bridgehead atoms. The number of nitrogens with zero attached hydrogens (tertiary/aromatic N) is 5. The quantitative estimate of drug-likeness (QED) is 0.283. The van der Waals surface area contributed by atoms with Crippen LogP contribution in [0.2, 0.25) is 0 Å². The maximum absolute atomic E-state index is 13.3. The number of aryl methyl sites for hydroxylation is 1. The summed E-state index contributed by atoms with van der Waals surface area (Å²) in [6, 6.07) is 11.4. The van der Waals surface area contributed by atoms with Gasteiger partial charge >= 0.3 is 0 Å². The number of amides is 1. The molecule has 0 radical (unpaired) electrons. The highest BCUT2D eigenvalue weighted by Crippen LogP contribution is 2.35. The lowest BCUT2D eigenvalue weighted by molar-refractivity contribution is 0.102. The van der Waals surface area contributed by atoms with Crippen molar-refractivity contribution in [3.8, 4) is 5.88 Å². The number of benzene rings is 1. The molecule has 12 heteroatoms. The molecule has 1 aromatic carbocycles. The number of rotatable bonds is 6. The summed E-state index contributed by atoms with van der Waals surface area (Å²) >= 11 is 0. The van der Waals surface area contributed by atoms with Crippen molar-refractivity contribution in [1.82, 2.24) is 19.7 Å². The molecule has 2 aliphatic rings. The summed E-state index contributed by atoms with van der Waals surface area (Å²) in [5.41, 5.74) is 3.89. The molecular formula is C29H33N9O3. The summed E-state index contributed by atoms with van der Waals surface area (Å²) < 4.78 is 7.62. The van der Waals surface area contributed by atoms with Crippen LogP contribution in [0.25, 0.3) is 0 Å². The molecule has 5 heterocycles. The van der Waals surface area contributed by atoms with Gasteiger partial charge in [0.05, 0.1) is 24.1 Å². The van der Waals surface area contributed by atoms with Gasteiger partial charge in [0.15, 0.2) is 5.82 Å². The lowest BCUT2D eigenvalue weighted by atomic mass is 10.1. The number of carbonyl (C=O) groups excluding carboxylic acids is 1. The van der Waals surface area contributed by atoms with Gasteiger partial charge in [-0.1, -0.05) is 0 Å². The van der Waals surface area contributed by atoms with Crippen molar-refractivity contribution in [1.29, 1.82) is 0 Å². The molecule has 4 aromatic rings. The van der Waals surface area contributed by atoms with Gasteiger partial charge in [-0.2, -0.15) is 5.10 Å². The van der Waals surface area contributed by atoms with E-state index in [1.165, 1.54) is 6.20 Å². The van der Waals surface area contributed by atoms with Crippen LogP contribution in [0.5, 0.6) is 5.88 Å². The molecule has 1 saturated heterocycles. The second-order valence-corrected chi connectivity index (χ2v) is 10.3. The zero-order valence-electron chi connectivity index (χ0n) is 23.3. The van der Waals surface area contributed by atoms with Crippen LogP contribution in [0.4, 0.5) is 34.3 Å². The summed E-state index contributed by atoms with van der Waals surface area (Å²) in [5.74, 6) is 1.02. The van der Waals surface area contributed by atoms with Crippen LogP contribution in [0.15, 0.2) is 59.8 Å². The molecule has 0 aliphatic carbocycles. The van der Waals surface area contributed by atoms with Crippen LogP contribution in [0.3, 0.4) is 0 Å². The van der Waals surface area contributed by atoms with Gasteiger partial charge in [-0.3, -0.25) is 14.3 Å². The number of nitrogens with one attached hydrogen (secondary N) is 4. The number of H-pyrrole nitrogens is 1. The van der Waals surface area contributed by atoms with Crippen molar-refractivity contribution in [3.63, 3.8) is 0 Å². The number of anilines is 6. The topological polar surface area (TPSA) is 132 Å². The minimum absolute atomic E-state index is 0.0165. The first-order chi connectivity index (χ1) is 19.9. The summed E-state index contributed by atoms with van der Waals surface area (Å²) in [6.45, 7) is 8.06. The number of fused-ring (bicyclic) bond motifs is 1. The van der Waals surface area contributed by atoms with E-state index in [-0.39, 0.29) is 11.7 Å². The lowest BCUT2D eigenvalue weighted by Crippen LogP contribution is -2.46. The van der Waals surface area contributed by atoms with E-state index in [1.807, 2.05) is 62.1 Å². The molecule has 6 rings (SSSR count). The van der Waals surface area contributed by atoms with E-state index in [2.05, 4.69) is 40.8 Å². The molecule has 12 nitrogen and oxygen atoms in total. The second-order valence-electron chi connectivity index (χ2n) is 10.3. The highest BCUT2D eigenvalue weighted by molar-refractivity contribution is 6.08. The predicted molar refractivity (Wildman–Crippen MR) is 160 cm³/mol. The Morgan fingerprint density at radius 1 is 1.05 bits per heavy atom. The van der Waals surface area contributed by atoms with Crippen molar-refractivity contribution >= 4 is 40.2 Å². The molecule has 0 spiro atoms. The number of pyridine rings is 2. The minimum Gasteiger partial charge on any atom is -0.471 e. The number of aromatic amines is 1. The molecule has 1 atom stereocenters. The lowest BCUT2D eigenvalue weighted by Gasteiger charge is -2.36. The molecule has 3 aromatic heterocycles. The molecule has 212 valence electrons. The van der Waals surface area contributed by atoms with Gasteiger partial charge < -0.3 is 35.5 Å². The number of aromatic nitrogens is 4. The van der Waals surface area contributed by atoms with Crippen molar-refractivity contribution in [2.24, 2.45) is 7.05 Å². The van der Waals surface area contributed by atoms with Crippen LogP contribution < -0.4 is 36.0 Å². The van der Waals surface area contributed by atoms with Crippen molar-refractivity contribution in [3.05, 3.63) is 76.5 Å².